The fourth-order valence-corrected chi connectivity index (χ4v) is 2.21. The number of nitrogens with two attached hydrogens (primary N) is 1. The molecule has 3 aromatic rings. The molecule has 3 nitrogen and oxygen atoms in total. The topological polar surface area (TPSA) is 48.1 Å². The van der Waals surface area contributed by atoms with Crippen molar-refractivity contribution in [2.75, 3.05) is 5.73 Å². The first kappa shape index (κ1) is 12.5. The summed E-state index contributed by atoms with van der Waals surface area (Å²) in [6.45, 7) is 4.08. The van der Waals surface area contributed by atoms with Crippen molar-refractivity contribution < 1.29 is 4.74 Å². The highest BCUT2D eigenvalue weighted by molar-refractivity contribution is 5.96. The molecule has 2 N–H and O–H groups in total. The fourth-order valence-electron chi connectivity index (χ4n) is 2.21. The van der Waals surface area contributed by atoms with Gasteiger partial charge in [-0.3, -0.25) is 4.98 Å². The Bertz CT molecular complexity index is 781. The Kier molecular flexibility index (Phi) is 3.03. The van der Waals surface area contributed by atoms with Crippen LogP contribution in [0.4, 0.5) is 5.69 Å². The Morgan fingerprint density at radius 1 is 0.950 bits per heavy atom. The average molecular weight is 264 g/mol. The van der Waals surface area contributed by atoms with Crippen LogP contribution in [-0.2, 0) is 0 Å². The third kappa shape index (κ3) is 2.18. The zero-order valence-electron chi connectivity index (χ0n) is 11.6. The molecule has 0 fully saturated rings. The van der Waals surface area contributed by atoms with Gasteiger partial charge < -0.3 is 10.5 Å². The van der Waals surface area contributed by atoms with E-state index in [9.17, 15) is 0 Å². The van der Waals surface area contributed by atoms with Gasteiger partial charge in [0.05, 0.1) is 0 Å². The molecule has 0 spiro atoms. The standard InChI is InChI=1S/C17H16N2O/c1-11-3-4-12(2)17(9-11)20-16-6-5-15(18)13-7-8-19-10-14(13)16/h3-10H,18H2,1-2H3. The minimum Gasteiger partial charge on any atom is -0.456 e. The van der Waals surface area contributed by atoms with Crippen LogP contribution < -0.4 is 10.5 Å². The quantitative estimate of drug-likeness (QED) is 0.705. The Hall–Kier alpha value is -2.55. The zero-order chi connectivity index (χ0) is 14.1. The van der Waals surface area contributed by atoms with E-state index in [0.29, 0.717) is 0 Å². The number of ether oxygens (including phenoxy) is 1. The summed E-state index contributed by atoms with van der Waals surface area (Å²) in [7, 11) is 0. The molecule has 0 saturated carbocycles. The second kappa shape index (κ2) is 4.85. The van der Waals surface area contributed by atoms with Gasteiger partial charge in [0.25, 0.3) is 0 Å². The second-order valence-corrected chi connectivity index (χ2v) is 4.95. The van der Waals surface area contributed by atoms with Gasteiger partial charge in [-0.15, -0.1) is 0 Å². The van der Waals surface area contributed by atoms with Crippen LogP contribution in [0.3, 0.4) is 0 Å². The van der Waals surface area contributed by atoms with Crippen LogP contribution in [0.2, 0.25) is 0 Å². The predicted octanol–water partition coefficient (Wildman–Crippen LogP) is 4.23. The number of hydrogen-bond acceptors (Lipinski definition) is 3. The third-order valence-corrected chi connectivity index (χ3v) is 3.38. The van der Waals surface area contributed by atoms with Crippen LogP contribution in [0.25, 0.3) is 10.8 Å². The number of aromatic nitrogens is 1. The monoisotopic (exact) mass is 264 g/mol. The minimum atomic E-state index is 0.732. The van der Waals surface area contributed by atoms with Crippen molar-refractivity contribution >= 4 is 16.5 Å². The minimum absolute atomic E-state index is 0.732. The molecule has 0 aliphatic carbocycles. The molecule has 1 aromatic heterocycles. The summed E-state index contributed by atoms with van der Waals surface area (Å²) in [5.74, 6) is 1.64. The summed E-state index contributed by atoms with van der Waals surface area (Å²) >= 11 is 0. The van der Waals surface area contributed by atoms with Gasteiger partial charge in [0.1, 0.15) is 11.5 Å². The molecule has 1 heterocycles. The Balaban J connectivity index is 2.11. The van der Waals surface area contributed by atoms with E-state index < -0.39 is 0 Å². The number of nitrogen functional groups attached to an aromatic ring is 1. The van der Waals surface area contributed by atoms with E-state index in [4.69, 9.17) is 10.5 Å². The van der Waals surface area contributed by atoms with Gasteiger partial charge >= 0.3 is 0 Å². The maximum Gasteiger partial charge on any atom is 0.136 e. The molecule has 2 aromatic carbocycles. The molecule has 3 rings (SSSR count). The Morgan fingerprint density at radius 3 is 2.65 bits per heavy atom. The summed E-state index contributed by atoms with van der Waals surface area (Å²) in [5, 5.41) is 1.89. The number of hydrogen-bond donors (Lipinski definition) is 1. The molecule has 0 radical (unpaired) electrons. The van der Waals surface area contributed by atoms with Crippen LogP contribution >= 0.6 is 0 Å². The lowest BCUT2D eigenvalue weighted by atomic mass is 10.1. The van der Waals surface area contributed by atoms with Gasteiger partial charge in [-0.05, 0) is 49.2 Å². The lowest BCUT2D eigenvalue weighted by Crippen LogP contribution is -1.93. The van der Waals surface area contributed by atoms with E-state index >= 15 is 0 Å². The van der Waals surface area contributed by atoms with E-state index in [1.807, 2.05) is 31.2 Å². The molecular weight excluding hydrogens is 248 g/mol. The maximum absolute atomic E-state index is 6.06. The highest BCUT2D eigenvalue weighted by atomic mass is 16.5. The van der Waals surface area contributed by atoms with Gasteiger partial charge in [-0.1, -0.05) is 12.1 Å². The van der Waals surface area contributed by atoms with E-state index in [-0.39, 0.29) is 0 Å². The molecular formula is C17H16N2O. The van der Waals surface area contributed by atoms with E-state index in [1.54, 1.807) is 12.4 Å². The highest BCUT2D eigenvalue weighted by Crippen LogP contribution is 2.33. The number of aryl methyl sites for hydroxylation is 2. The van der Waals surface area contributed by atoms with Crippen molar-refractivity contribution in [1.82, 2.24) is 4.98 Å². The van der Waals surface area contributed by atoms with E-state index in [0.717, 1.165) is 33.5 Å². The molecule has 0 aliphatic rings. The summed E-state index contributed by atoms with van der Waals surface area (Å²) in [5.41, 5.74) is 8.99. The van der Waals surface area contributed by atoms with Crippen molar-refractivity contribution in [2.45, 2.75) is 13.8 Å². The molecule has 0 saturated heterocycles. The molecule has 0 amide bonds. The molecule has 0 unspecified atom stereocenters. The van der Waals surface area contributed by atoms with E-state index in [1.165, 1.54) is 5.56 Å². The molecule has 0 aliphatic heterocycles. The number of anilines is 1. The predicted molar refractivity (Wildman–Crippen MR) is 82.1 cm³/mol. The fraction of sp³-hybridized carbons (Fsp3) is 0.118. The second-order valence-electron chi connectivity index (χ2n) is 4.95. The number of nitrogens with zero attached hydrogens (tertiary/aromatic N) is 1. The van der Waals surface area contributed by atoms with Crippen LogP contribution in [0.15, 0.2) is 48.8 Å². The smallest absolute Gasteiger partial charge is 0.136 e. The van der Waals surface area contributed by atoms with Gasteiger partial charge in [-0.2, -0.15) is 0 Å². The zero-order valence-corrected chi connectivity index (χ0v) is 11.6. The summed E-state index contributed by atoms with van der Waals surface area (Å²) in [6, 6.07) is 11.8. The number of fused-ring (bicyclic) bond motifs is 1. The SMILES string of the molecule is Cc1ccc(C)c(Oc2ccc(N)c3ccncc23)c1. The normalized spacial score (nSPS) is 10.7. The Labute approximate surface area is 118 Å². The van der Waals surface area contributed by atoms with Crippen molar-refractivity contribution in [3.05, 3.63) is 59.9 Å². The lowest BCUT2D eigenvalue weighted by Gasteiger charge is -2.12. The van der Waals surface area contributed by atoms with Crippen molar-refractivity contribution in [1.29, 1.82) is 0 Å². The van der Waals surface area contributed by atoms with Gasteiger partial charge in [0.15, 0.2) is 0 Å². The van der Waals surface area contributed by atoms with Crippen LogP contribution in [0.5, 0.6) is 11.5 Å². The largest absolute Gasteiger partial charge is 0.456 e. The summed E-state index contributed by atoms with van der Waals surface area (Å²) < 4.78 is 6.06. The number of rotatable bonds is 2. The van der Waals surface area contributed by atoms with Crippen molar-refractivity contribution in [3.8, 4) is 11.5 Å². The summed E-state index contributed by atoms with van der Waals surface area (Å²) in [6.07, 6.45) is 3.52. The van der Waals surface area contributed by atoms with Crippen LogP contribution in [-0.4, -0.2) is 4.98 Å². The van der Waals surface area contributed by atoms with E-state index in [2.05, 4.69) is 24.0 Å². The van der Waals surface area contributed by atoms with Crippen LogP contribution in [0, 0.1) is 13.8 Å². The molecule has 100 valence electrons. The van der Waals surface area contributed by atoms with Gasteiger partial charge in [-0.25, -0.2) is 0 Å². The van der Waals surface area contributed by atoms with Crippen molar-refractivity contribution in [3.63, 3.8) is 0 Å². The van der Waals surface area contributed by atoms with Crippen molar-refractivity contribution in [2.24, 2.45) is 0 Å². The first-order valence-electron chi connectivity index (χ1n) is 6.52. The summed E-state index contributed by atoms with van der Waals surface area (Å²) in [4.78, 5) is 4.16. The molecule has 3 heteroatoms. The number of benzene rings is 2. The molecule has 0 atom stereocenters. The van der Waals surface area contributed by atoms with Gasteiger partial charge in [0.2, 0.25) is 0 Å². The third-order valence-electron chi connectivity index (χ3n) is 3.38. The van der Waals surface area contributed by atoms with Crippen LogP contribution in [0.1, 0.15) is 11.1 Å². The molecule has 20 heavy (non-hydrogen) atoms. The van der Waals surface area contributed by atoms with Gasteiger partial charge in [0, 0.05) is 28.9 Å². The first-order chi connectivity index (χ1) is 9.65. The average Bonchev–Trinajstić information content (AvgIpc) is 2.46. The maximum atomic E-state index is 6.06. The Morgan fingerprint density at radius 2 is 1.80 bits per heavy atom. The molecule has 0 bridgehead atoms. The lowest BCUT2D eigenvalue weighted by molar-refractivity contribution is 0.484. The number of pyridine rings is 1. The highest BCUT2D eigenvalue weighted by Gasteiger charge is 2.08. The first-order valence-corrected chi connectivity index (χ1v) is 6.52.